The first-order valence-electron chi connectivity index (χ1n) is 12.8. The van der Waals surface area contributed by atoms with Crippen LogP contribution in [-0.2, 0) is 18.4 Å². The van der Waals surface area contributed by atoms with E-state index in [1.54, 1.807) is 24.3 Å². The Bertz CT molecular complexity index is 1600. The Balaban J connectivity index is 1.31. The van der Waals surface area contributed by atoms with Crippen LogP contribution in [0, 0.1) is 0 Å². The van der Waals surface area contributed by atoms with Crippen molar-refractivity contribution >= 4 is 22.8 Å². The first-order chi connectivity index (χ1) is 18.5. The summed E-state index contributed by atoms with van der Waals surface area (Å²) < 4.78 is 5.19. The maximum atomic E-state index is 13.4. The Morgan fingerprint density at radius 3 is 2.53 bits per heavy atom. The molecule has 0 radical (unpaired) electrons. The third-order valence-corrected chi connectivity index (χ3v) is 7.65. The van der Waals surface area contributed by atoms with E-state index >= 15 is 0 Å². The van der Waals surface area contributed by atoms with Crippen molar-refractivity contribution in [2.45, 2.75) is 44.6 Å². The summed E-state index contributed by atoms with van der Waals surface area (Å²) in [5.74, 6) is 1.24. The average molecular weight is 508 g/mol. The highest BCUT2D eigenvalue weighted by molar-refractivity contribution is 6.06. The number of H-pyrrole nitrogens is 1. The number of anilines is 1. The number of para-hydroxylation sites is 1. The molecule has 2 aromatic carbocycles. The number of nitrogen functional groups attached to an aromatic ring is 1. The number of nitrogens with zero attached hydrogens (tertiary/aromatic N) is 5. The largest absolute Gasteiger partial charge is 0.368 e. The van der Waals surface area contributed by atoms with Gasteiger partial charge in [-0.15, -0.1) is 0 Å². The van der Waals surface area contributed by atoms with Crippen molar-refractivity contribution in [1.82, 2.24) is 30.0 Å². The number of aromatic nitrogens is 5. The molecule has 3 aromatic heterocycles. The van der Waals surface area contributed by atoms with E-state index in [0.29, 0.717) is 23.7 Å². The minimum Gasteiger partial charge on any atom is -0.368 e. The molecule has 1 aliphatic carbocycles. The second-order valence-corrected chi connectivity index (χ2v) is 9.89. The molecule has 38 heavy (non-hydrogen) atoms. The second-order valence-electron chi connectivity index (χ2n) is 9.89. The van der Waals surface area contributed by atoms with Gasteiger partial charge in [0.2, 0.25) is 11.8 Å². The molecule has 9 heteroatoms. The zero-order valence-electron chi connectivity index (χ0n) is 21.4. The number of benzene rings is 2. The molecule has 0 aliphatic heterocycles. The summed E-state index contributed by atoms with van der Waals surface area (Å²) in [7, 11) is 1.76. The van der Waals surface area contributed by atoms with Gasteiger partial charge < -0.3 is 20.1 Å². The summed E-state index contributed by atoms with van der Waals surface area (Å²) in [6, 6.07) is 14.6. The third-order valence-electron chi connectivity index (χ3n) is 7.65. The molecular formula is C29H29N7O2. The van der Waals surface area contributed by atoms with Gasteiger partial charge in [-0.05, 0) is 35.6 Å². The summed E-state index contributed by atoms with van der Waals surface area (Å²) in [5, 5.41) is 5.06. The van der Waals surface area contributed by atoms with E-state index in [1.807, 2.05) is 19.1 Å². The maximum Gasteiger partial charge on any atom is 0.256 e. The maximum absolute atomic E-state index is 13.4. The molecular weight excluding hydrogens is 478 g/mol. The molecule has 0 bridgehead atoms. The number of hydrogen-bond acceptors (Lipinski definition) is 7. The number of nitrogens with one attached hydrogen (secondary N) is 1. The Morgan fingerprint density at radius 1 is 1.11 bits per heavy atom. The predicted octanol–water partition coefficient (Wildman–Crippen LogP) is 4.89. The van der Waals surface area contributed by atoms with Gasteiger partial charge in [-0.25, -0.2) is 9.97 Å². The van der Waals surface area contributed by atoms with Gasteiger partial charge in [0.1, 0.15) is 0 Å². The molecule has 0 atom stereocenters. The van der Waals surface area contributed by atoms with Crippen molar-refractivity contribution in [3.05, 3.63) is 89.5 Å². The van der Waals surface area contributed by atoms with Gasteiger partial charge in [-0.1, -0.05) is 54.9 Å². The van der Waals surface area contributed by atoms with Gasteiger partial charge in [0.05, 0.1) is 17.6 Å². The fourth-order valence-electron chi connectivity index (χ4n) is 5.43. The van der Waals surface area contributed by atoms with Crippen LogP contribution in [0.15, 0.2) is 65.6 Å². The van der Waals surface area contributed by atoms with Gasteiger partial charge in [0.25, 0.3) is 5.91 Å². The molecule has 1 aliphatic rings. The highest BCUT2D eigenvalue weighted by Gasteiger charge is 2.42. The van der Waals surface area contributed by atoms with E-state index in [4.69, 9.17) is 10.3 Å². The number of fused-ring (bicyclic) bond motifs is 1. The Hall–Kier alpha value is -4.53. The summed E-state index contributed by atoms with van der Waals surface area (Å²) >= 11 is 0. The minimum absolute atomic E-state index is 0.0930. The lowest BCUT2D eigenvalue weighted by Crippen LogP contribution is -2.35. The number of rotatable bonds is 7. The van der Waals surface area contributed by atoms with Crippen LogP contribution in [0.1, 0.15) is 59.4 Å². The number of carbonyl (C=O) groups is 1. The van der Waals surface area contributed by atoms with Crippen LogP contribution in [0.4, 0.5) is 5.95 Å². The van der Waals surface area contributed by atoms with Crippen molar-refractivity contribution in [3.63, 3.8) is 0 Å². The van der Waals surface area contributed by atoms with Crippen molar-refractivity contribution in [3.8, 4) is 11.1 Å². The Kier molecular flexibility index (Phi) is 5.90. The molecule has 1 amide bonds. The summed E-state index contributed by atoms with van der Waals surface area (Å²) in [6.07, 6.45) is 9.50. The third kappa shape index (κ3) is 4.00. The van der Waals surface area contributed by atoms with Crippen LogP contribution < -0.4 is 5.73 Å². The van der Waals surface area contributed by atoms with Crippen molar-refractivity contribution in [1.29, 1.82) is 0 Å². The lowest BCUT2D eigenvalue weighted by atomic mass is 9.60. The van der Waals surface area contributed by atoms with Crippen LogP contribution >= 0.6 is 0 Å². The number of amides is 1. The van der Waals surface area contributed by atoms with E-state index < -0.39 is 0 Å². The molecule has 5 aromatic rings. The molecule has 6 rings (SSSR count). The van der Waals surface area contributed by atoms with Crippen molar-refractivity contribution in [2.75, 3.05) is 12.8 Å². The lowest BCUT2D eigenvalue weighted by Gasteiger charge is -2.43. The fourth-order valence-corrected chi connectivity index (χ4v) is 5.43. The molecule has 1 fully saturated rings. The summed E-state index contributed by atoms with van der Waals surface area (Å²) in [5.41, 5.74) is 11.5. The topological polar surface area (TPSA) is 127 Å². The number of aromatic amines is 1. The molecule has 9 nitrogen and oxygen atoms in total. The van der Waals surface area contributed by atoms with E-state index in [0.717, 1.165) is 41.3 Å². The van der Waals surface area contributed by atoms with Crippen LogP contribution in [0.25, 0.3) is 22.0 Å². The number of nitrogens with two attached hydrogens (primary N) is 1. The highest BCUT2D eigenvalue weighted by Crippen LogP contribution is 2.51. The van der Waals surface area contributed by atoms with Gasteiger partial charge in [-0.3, -0.25) is 4.79 Å². The van der Waals surface area contributed by atoms with Crippen LogP contribution in [0.5, 0.6) is 0 Å². The lowest BCUT2D eigenvalue weighted by molar-refractivity contribution is 0.0782. The molecule has 192 valence electrons. The van der Waals surface area contributed by atoms with Crippen LogP contribution in [-0.4, -0.2) is 42.9 Å². The van der Waals surface area contributed by atoms with Crippen molar-refractivity contribution in [2.24, 2.45) is 0 Å². The molecule has 0 unspecified atom stereocenters. The molecule has 3 heterocycles. The smallest absolute Gasteiger partial charge is 0.256 e. The van der Waals surface area contributed by atoms with Gasteiger partial charge in [0, 0.05) is 48.4 Å². The molecule has 0 saturated heterocycles. The zero-order valence-corrected chi connectivity index (χ0v) is 21.4. The Morgan fingerprint density at radius 2 is 1.87 bits per heavy atom. The van der Waals surface area contributed by atoms with E-state index in [-0.39, 0.29) is 23.8 Å². The first kappa shape index (κ1) is 23.8. The van der Waals surface area contributed by atoms with Gasteiger partial charge in [-0.2, -0.15) is 4.98 Å². The normalized spacial score (nSPS) is 14.4. The number of hydrogen-bond donors (Lipinski definition) is 2. The van der Waals surface area contributed by atoms with Crippen LogP contribution in [0.2, 0.25) is 0 Å². The quantitative estimate of drug-likeness (QED) is 0.321. The number of carbonyl (C=O) groups excluding carboxylic acids is 1. The van der Waals surface area contributed by atoms with Gasteiger partial charge in [0.15, 0.2) is 5.82 Å². The Labute approximate surface area is 220 Å². The highest BCUT2D eigenvalue weighted by atomic mass is 16.5. The van der Waals surface area contributed by atoms with Crippen molar-refractivity contribution < 1.29 is 9.32 Å². The molecule has 1 saturated carbocycles. The van der Waals surface area contributed by atoms with Crippen LogP contribution in [0.3, 0.4) is 0 Å². The van der Waals surface area contributed by atoms with E-state index in [1.165, 1.54) is 11.1 Å². The average Bonchev–Trinajstić information content (AvgIpc) is 3.56. The standard InChI is InChI=1S/C29H29N7O2/c1-3-25-34-24(35-38-25)17-36(2)27(37)22-7-4-6-21-23(16-31-26(21)22)29(12-5-13-29)20-10-8-18(9-11-20)19-14-32-28(30)33-15-19/h4,6-11,14-16,31H,3,5,12-13,17H2,1-2H3,(H2,30,32,33). The fraction of sp³-hybridized carbons (Fsp3) is 0.276. The minimum atomic E-state index is -0.0941. The first-order valence-corrected chi connectivity index (χ1v) is 12.8. The predicted molar refractivity (Wildman–Crippen MR) is 144 cm³/mol. The zero-order chi connectivity index (χ0) is 26.3. The number of aryl methyl sites for hydroxylation is 1. The monoisotopic (exact) mass is 507 g/mol. The molecule has 3 N–H and O–H groups in total. The van der Waals surface area contributed by atoms with E-state index in [9.17, 15) is 4.79 Å². The van der Waals surface area contributed by atoms with Gasteiger partial charge >= 0.3 is 0 Å². The SMILES string of the molecule is CCc1nc(CN(C)C(=O)c2cccc3c(C4(c5ccc(-c6cnc(N)nc6)cc5)CCC4)c[nH]c23)no1. The second kappa shape index (κ2) is 9.41. The summed E-state index contributed by atoms with van der Waals surface area (Å²) in [6.45, 7) is 2.23. The molecule has 0 spiro atoms. The summed E-state index contributed by atoms with van der Waals surface area (Å²) in [4.78, 5) is 31.1. The van der Waals surface area contributed by atoms with E-state index in [2.05, 4.69) is 61.6 Å².